The van der Waals surface area contributed by atoms with Crippen molar-refractivity contribution in [3.63, 3.8) is 0 Å². The van der Waals surface area contributed by atoms with Gasteiger partial charge in [0.15, 0.2) is 0 Å². The molecule has 1 aliphatic heterocycles. The van der Waals surface area contributed by atoms with Crippen LogP contribution in [-0.2, 0) is 4.74 Å². The molecule has 32 heavy (non-hydrogen) atoms. The Morgan fingerprint density at radius 1 is 1.19 bits per heavy atom. The standard InChI is InChI=1S/C22H29F3N4O3/c1-10-14-16(29(12-5-6-12)21(31)27-20(14)30)18(32-2)17(15(10)23)28-8-11-4-3-7-22(24,25)19(26)13(11)9-28/h11-13,15,17,19H,3-9,26H2,1-2H3,(H,27,30,31). The molecule has 0 radical (unpaired) electrons. The van der Waals surface area contributed by atoms with E-state index in [1.165, 1.54) is 11.7 Å². The monoisotopic (exact) mass is 454 g/mol. The Hall–Kier alpha value is -2.07. The molecule has 1 aromatic heterocycles. The van der Waals surface area contributed by atoms with Gasteiger partial charge < -0.3 is 10.5 Å². The number of rotatable bonds is 3. The molecule has 5 atom stereocenters. The number of halogens is 3. The summed E-state index contributed by atoms with van der Waals surface area (Å²) in [7, 11) is 1.40. The first-order chi connectivity index (χ1) is 15.2. The van der Waals surface area contributed by atoms with E-state index < -0.39 is 41.3 Å². The molecule has 1 saturated heterocycles. The highest BCUT2D eigenvalue weighted by atomic mass is 19.3. The van der Waals surface area contributed by atoms with Crippen LogP contribution >= 0.6 is 0 Å². The number of H-pyrrole nitrogens is 1. The summed E-state index contributed by atoms with van der Waals surface area (Å²) in [5.74, 6) is -3.25. The number of hydrogen-bond donors (Lipinski definition) is 2. The van der Waals surface area contributed by atoms with Crippen molar-refractivity contribution in [1.82, 2.24) is 14.5 Å². The lowest BCUT2D eigenvalue weighted by Crippen LogP contribution is -2.62. The maximum Gasteiger partial charge on any atom is 0.329 e. The van der Waals surface area contributed by atoms with Gasteiger partial charge >= 0.3 is 5.69 Å². The molecule has 5 rings (SSSR count). The number of hydrogen-bond acceptors (Lipinski definition) is 5. The molecule has 0 aromatic carbocycles. The van der Waals surface area contributed by atoms with Gasteiger partial charge in [-0.3, -0.25) is 19.2 Å². The fourth-order valence-electron chi connectivity index (χ4n) is 6.00. The SMILES string of the molecule is COC1=c2c(c(=O)[nH]c(=O)n2C2CC2)=C(C)C(F)C1N1CC2CCCC(F)(F)C(N)C2C1. The number of likely N-dealkylation sites (tertiary alicyclic amines) is 1. The van der Waals surface area contributed by atoms with Gasteiger partial charge in [-0.1, -0.05) is 0 Å². The Morgan fingerprint density at radius 2 is 1.91 bits per heavy atom. The van der Waals surface area contributed by atoms with Crippen LogP contribution in [-0.4, -0.2) is 58.8 Å². The number of nitrogens with two attached hydrogens (primary N) is 1. The minimum absolute atomic E-state index is 0.0600. The molecule has 4 aliphatic rings. The van der Waals surface area contributed by atoms with Crippen molar-refractivity contribution < 1.29 is 17.9 Å². The maximum absolute atomic E-state index is 15.8. The van der Waals surface area contributed by atoms with E-state index in [1.54, 1.807) is 6.92 Å². The molecular formula is C22H29F3N4O3. The van der Waals surface area contributed by atoms with E-state index in [9.17, 15) is 18.4 Å². The number of ether oxygens (including phenoxy) is 1. The molecule has 0 spiro atoms. The molecule has 3 aliphatic carbocycles. The van der Waals surface area contributed by atoms with Gasteiger partial charge in [0.1, 0.15) is 18.0 Å². The first-order valence-corrected chi connectivity index (χ1v) is 11.3. The van der Waals surface area contributed by atoms with Crippen LogP contribution in [0.15, 0.2) is 9.59 Å². The fourth-order valence-corrected chi connectivity index (χ4v) is 6.00. The number of methoxy groups -OCH3 is 1. The second-order valence-corrected chi connectivity index (χ2v) is 9.74. The highest BCUT2D eigenvalue weighted by Crippen LogP contribution is 2.43. The summed E-state index contributed by atoms with van der Waals surface area (Å²) in [5, 5.41) is 0.454. The van der Waals surface area contributed by atoms with Gasteiger partial charge in [0, 0.05) is 25.6 Å². The Kier molecular flexibility index (Phi) is 5.09. The molecular weight excluding hydrogens is 425 g/mol. The van der Waals surface area contributed by atoms with E-state index in [-0.39, 0.29) is 41.5 Å². The van der Waals surface area contributed by atoms with Gasteiger partial charge in [-0.2, -0.15) is 0 Å². The van der Waals surface area contributed by atoms with Crippen LogP contribution in [0.5, 0.6) is 0 Å². The van der Waals surface area contributed by atoms with E-state index in [1.807, 2.05) is 4.90 Å². The van der Waals surface area contributed by atoms with Crippen LogP contribution in [0.2, 0.25) is 0 Å². The predicted octanol–water partition coefficient (Wildman–Crippen LogP) is 0.212. The van der Waals surface area contributed by atoms with Gasteiger partial charge in [-0.25, -0.2) is 18.0 Å². The zero-order valence-corrected chi connectivity index (χ0v) is 18.2. The normalized spacial score (nSPS) is 34.8. The van der Waals surface area contributed by atoms with Crippen LogP contribution in [0, 0.1) is 11.8 Å². The molecule has 2 heterocycles. The van der Waals surface area contributed by atoms with Crippen molar-refractivity contribution in [3.05, 3.63) is 31.4 Å². The Bertz CT molecular complexity index is 1170. The quantitative estimate of drug-likeness (QED) is 0.681. The van der Waals surface area contributed by atoms with Crippen LogP contribution in [0.25, 0.3) is 11.3 Å². The molecule has 0 amide bonds. The van der Waals surface area contributed by atoms with Crippen LogP contribution in [0.3, 0.4) is 0 Å². The minimum Gasteiger partial charge on any atom is -0.497 e. The van der Waals surface area contributed by atoms with Crippen molar-refractivity contribution in [2.75, 3.05) is 20.2 Å². The summed E-state index contributed by atoms with van der Waals surface area (Å²) < 4.78 is 51.9. The van der Waals surface area contributed by atoms with Crippen molar-refractivity contribution in [2.24, 2.45) is 17.6 Å². The summed E-state index contributed by atoms with van der Waals surface area (Å²) in [6.07, 6.45) is 0.782. The predicted molar refractivity (Wildman–Crippen MR) is 112 cm³/mol. The molecule has 176 valence electrons. The second-order valence-electron chi connectivity index (χ2n) is 9.74. The lowest BCUT2D eigenvalue weighted by molar-refractivity contribution is -0.0457. The fraction of sp³-hybridized carbons (Fsp3) is 0.727. The summed E-state index contributed by atoms with van der Waals surface area (Å²) in [5.41, 5.74) is 5.05. The Balaban J connectivity index is 1.65. The molecule has 5 unspecified atom stereocenters. The van der Waals surface area contributed by atoms with Crippen molar-refractivity contribution in [3.8, 4) is 0 Å². The van der Waals surface area contributed by atoms with E-state index in [0.717, 1.165) is 12.8 Å². The summed E-state index contributed by atoms with van der Waals surface area (Å²) >= 11 is 0. The zero-order valence-electron chi connectivity index (χ0n) is 18.2. The number of aromatic nitrogens is 2. The average molecular weight is 454 g/mol. The van der Waals surface area contributed by atoms with Gasteiger partial charge in [-0.05, 0) is 50.0 Å². The maximum atomic E-state index is 15.8. The summed E-state index contributed by atoms with van der Waals surface area (Å²) in [4.78, 5) is 29.4. The first-order valence-electron chi connectivity index (χ1n) is 11.3. The topological polar surface area (TPSA) is 93.3 Å². The second kappa shape index (κ2) is 7.48. The van der Waals surface area contributed by atoms with Crippen LogP contribution in [0.4, 0.5) is 13.2 Å². The van der Waals surface area contributed by atoms with Crippen molar-refractivity contribution in [2.45, 2.75) is 69.2 Å². The lowest BCUT2D eigenvalue weighted by Gasteiger charge is -2.35. The molecule has 3 N–H and O–H groups in total. The van der Waals surface area contributed by atoms with E-state index in [4.69, 9.17) is 10.5 Å². The largest absolute Gasteiger partial charge is 0.497 e. The molecule has 10 heteroatoms. The highest BCUT2D eigenvalue weighted by Gasteiger charge is 2.52. The number of fused-ring (bicyclic) bond motifs is 2. The molecule has 7 nitrogen and oxygen atoms in total. The molecule has 3 fully saturated rings. The smallest absolute Gasteiger partial charge is 0.329 e. The van der Waals surface area contributed by atoms with Gasteiger partial charge in [0.05, 0.1) is 23.7 Å². The molecule has 2 saturated carbocycles. The minimum atomic E-state index is -2.95. The lowest BCUT2D eigenvalue weighted by atomic mass is 9.87. The van der Waals surface area contributed by atoms with Crippen LogP contribution in [0.1, 0.15) is 45.1 Å². The molecule has 0 bridgehead atoms. The van der Waals surface area contributed by atoms with Crippen molar-refractivity contribution in [1.29, 1.82) is 0 Å². The zero-order chi connectivity index (χ0) is 22.9. The van der Waals surface area contributed by atoms with E-state index in [2.05, 4.69) is 4.98 Å². The molecule has 1 aromatic rings. The first kappa shape index (κ1) is 21.8. The number of alkyl halides is 3. The number of aromatic amines is 1. The van der Waals surface area contributed by atoms with E-state index in [0.29, 0.717) is 24.7 Å². The highest BCUT2D eigenvalue weighted by molar-refractivity contribution is 5.60. The number of nitrogens with one attached hydrogen (secondary N) is 1. The summed E-state index contributed by atoms with van der Waals surface area (Å²) in [6.45, 7) is 2.19. The van der Waals surface area contributed by atoms with Gasteiger partial charge in [0.25, 0.3) is 11.5 Å². The van der Waals surface area contributed by atoms with E-state index >= 15 is 4.39 Å². The third kappa shape index (κ3) is 3.17. The third-order valence-electron chi connectivity index (χ3n) is 7.81. The Labute approximate surface area is 182 Å². The summed E-state index contributed by atoms with van der Waals surface area (Å²) in [6, 6.07) is -2.25. The van der Waals surface area contributed by atoms with Gasteiger partial charge in [0.2, 0.25) is 0 Å². The Morgan fingerprint density at radius 3 is 2.56 bits per heavy atom. The van der Waals surface area contributed by atoms with Gasteiger partial charge in [-0.15, -0.1) is 0 Å². The van der Waals surface area contributed by atoms with Crippen molar-refractivity contribution >= 4 is 11.3 Å². The van der Waals surface area contributed by atoms with Crippen LogP contribution < -0.4 is 27.6 Å². The number of nitrogens with zero attached hydrogens (tertiary/aromatic N) is 2. The third-order valence-corrected chi connectivity index (χ3v) is 7.81. The average Bonchev–Trinajstić information content (AvgIpc) is 3.49.